The van der Waals surface area contributed by atoms with Crippen molar-refractivity contribution < 1.29 is 9.90 Å². The maximum Gasteiger partial charge on any atom is 0.321 e. The van der Waals surface area contributed by atoms with E-state index >= 15 is 0 Å². The Hall–Kier alpha value is -1.65. The molecular formula is C18H23NO2S. The molecule has 0 fully saturated rings. The number of carbonyl (C=O) groups is 1. The molecular weight excluding hydrogens is 294 g/mol. The van der Waals surface area contributed by atoms with E-state index in [1.54, 1.807) is 11.3 Å². The lowest BCUT2D eigenvalue weighted by Gasteiger charge is -2.16. The van der Waals surface area contributed by atoms with Gasteiger partial charge in [-0.15, -0.1) is 11.3 Å². The Labute approximate surface area is 136 Å². The first-order valence-electron chi connectivity index (χ1n) is 7.45. The third-order valence-electron chi connectivity index (χ3n) is 3.50. The Morgan fingerprint density at radius 1 is 1.18 bits per heavy atom. The number of thiophene rings is 1. The molecule has 1 unspecified atom stereocenters. The molecule has 0 aliphatic rings. The fourth-order valence-electron chi connectivity index (χ4n) is 2.20. The van der Waals surface area contributed by atoms with Crippen molar-refractivity contribution in [2.24, 2.45) is 0 Å². The summed E-state index contributed by atoms with van der Waals surface area (Å²) in [6.45, 7) is 7.15. The zero-order valence-corrected chi connectivity index (χ0v) is 14.1. The highest BCUT2D eigenvalue weighted by Crippen LogP contribution is 2.29. The summed E-state index contributed by atoms with van der Waals surface area (Å²) in [6.07, 6.45) is 0.494. The minimum Gasteiger partial charge on any atom is -0.480 e. The second-order valence-corrected chi connectivity index (χ2v) is 7.65. The van der Waals surface area contributed by atoms with Crippen LogP contribution in [0.1, 0.15) is 36.1 Å². The Bertz CT molecular complexity index is 614. The average Bonchev–Trinajstić information content (AvgIpc) is 2.93. The highest BCUT2D eigenvalue weighted by molar-refractivity contribution is 7.12. The van der Waals surface area contributed by atoms with Crippen LogP contribution in [-0.4, -0.2) is 17.1 Å². The smallest absolute Gasteiger partial charge is 0.321 e. The predicted molar refractivity (Wildman–Crippen MR) is 91.4 cm³/mol. The fraction of sp³-hybridized carbons (Fsp3) is 0.389. The molecule has 3 nitrogen and oxygen atoms in total. The maximum absolute atomic E-state index is 11.4. The van der Waals surface area contributed by atoms with Crippen molar-refractivity contribution in [3.05, 3.63) is 57.8 Å². The van der Waals surface area contributed by atoms with Gasteiger partial charge in [0.1, 0.15) is 6.04 Å². The lowest BCUT2D eigenvalue weighted by molar-refractivity contribution is -0.139. The zero-order chi connectivity index (χ0) is 16.2. The summed E-state index contributed by atoms with van der Waals surface area (Å²) >= 11 is 1.74. The lowest BCUT2D eigenvalue weighted by atomic mass is 9.95. The molecule has 0 aliphatic heterocycles. The summed E-state index contributed by atoms with van der Waals surface area (Å²) in [5, 5.41) is 12.5. The largest absolute Gasteiger partial charge is 0.480 e. The third-order valence-corrected chi connectivity index (χ3v) is 5.02. The van der Waals surface area contributed by atoms with E-state index in [0.29, 0.717) is 13.0 Å². The topological polar surface area (TPSA) is 49.3 Å². The molecule has 0 radical (unpaired) electrons. The zero-order valence-electron chi connectivity index (χ0n) is 13.3. The first kappa shape index (κ1) is 16.7. The fourth-order valence-corrected chi connectivity index (χ4v) is 3.21. The molecule has 1 atom stereocenters. The standard InChI is InChI=1S/C18H23NO2S/c1-18(2,3)16-10-9-14(22-16)12-19-15(17(20)21)11-13-7-5-4-6-8-13/h4-10,15,19H,11-12H2,1-3H3,(H,20,21). The molecule has 0 saturated carbocycles. The van der Waals surface area contributed by atoms with Crippen LogP contribution in [0.15, 0.2) is 42.5 Å². The average molecular weight is 317 g/mol. The van der Waals surface area contributed by atoms with E-state index in [-0.39, 0.29) is 5.41 Å². The molecule has 0 bridgehead atoms. The van der Waals surface area contributed by atoms with Crippen LogP contribution in [-0.2, 0) is 23.2 Å². The quantitative estimate of drug-likeness (QED) is 0.851. The number of nitrogens with one attached hydrogen (secondary N) is 1. The van der Waals surface area contributed by atoms with Crippen molar-refractivity contribution in [3.8, 4) is 0 Å². The van der Waals surface area contributed by atoms with Gasteiger partial charge in [-0.25, -0.2) is 0 Å². The Morgan fingerprint density at radius 2 is 1.86 bits per heavy atom. The lowest BCUT2D eigenvalue weighted by Crippen LogP contribution is -2.37. The van der Waals surface area contributed by atoms with Gasteiger partial charge in [-0.1, -0.05) is 51.1 Å². The summed E-state index contributed by atoms with van der Waals surface area (Å²) in [5.41, 5.74) is 1.17. The summed E-state index contributed by atoms with van der Waals surface area (Å²) in [5.74, 6) is -0.809. The van der Waals surface area contributed by atoms with Crippen molar-refractivity contribution in [1.82, 2.24) is 5.32 Å². The van der Waals surface area contributed by atoms with Crippen molar-refractivity contribution in [2.75, 3.05) is 0 Å². The SMILES string of the molecule is CC(C)(C)c1ccc(CNC(Cc2ccccc2)C(=O)O)s1. The van der Waals surface area contributed by atoms with E-state index in [2.05, 4.69) is 38.2 Å². The van der Waals surface area contributed by atoms with Crippen LogP contribution in [0.2, 0.25) is 0 Å². The summed E-state index contributed by atoms with van der Waals surface area (Å²) in [4.78, 5) is 13.9. The molecule has 1 aromatic carbocycles. The van der Waals surface area contributed by atoms with Crippen molar-refractivity contribution >= 4 is 17.3 Å². The van der Waals surface area contributed by atoms with Crippen LogP contribution in [0.25, 0.3) is 0 Å². The van der Waals surface area contributed by atoms with Crippen molar-refractivity contribution in [2.45, 2.75) is 45.2 Å². The number of rotatable bonds is 6. The van der Waals surface area contributed by atoms with E-state index < -0.39 is 12.0 Å². The van der Waals surface area contributed by atoms with Gasteiger partial charge < -0.3 is 5.11 Å². The van der Waals surface area contributed by atoms with Crippen LogP contribution in [0.5, 0.6) is 0 Å². The second-order valence-electron chi connectivity index (χ2n) is 6.48. The third kappa shape index (κ3) is 4.68. The highest BCUT2D eigenvalue weighted by atomic mass is 32.1. The van der Waals surface area contributed by atoms with Gasteiger partial charge in [0.05, 0.1) is 0 Å². The van der Waals surface area contributed by atoms with Gasteiger partial charge in [0, 0.05) is 16.3 Å². The van der Waals surface area contributed by atoms with E-state index in [1.807, 2.05) is 30.3 Å². The minimum absolute atomic E-state index is 0.138. The predicted octanol–water partition coefficient (Wildman–Crippen LogP) is 3.83. The van der Waals surface area contributed by atoms with Gasteiger partial charge in [-0.05, 0) is 29.5 Å². The van der Waals surface area contributed by atoms with Gasteiger partial charge in [0.15, 0.2) is 0 Å². The van der Waals surface area contributed by atoms with Gasteiger partial charge in [0.25, 0.3) is 0 Å². The molecule has 4 heteroatoms. The summed E-state index contributed by atoms with van der Waals surface area (Å²) in [6, 6.07) is 13.4. The normalized spacial score (nSPS) is 13.0. The van der Waals surface area contributed by atoms with Gasteiger partial charge in [-0.3, -0.25) is 10.1 Å². The molecule has 1 heterocycles. The van der Waals surface area contributed by atoms with Crippen LogP contribution >= 0.6 is 11.3 Å². The summed E-state index contributed by atoms with van der Waals surface area (Å²) in [7, 11) is 0. The molecule has 0 aliphatic carbocycles. The molecule has 22 heavy (non-hydrogen) atoms. The molecule has 0 amide bonds. The second kappa shape index (κ2) is 7.07. The highest BCUT2D eigenvalue weighted by Gasteiger charge is 2.19. The molecule has 118 valence electrons. The Morgan fingerprint density at radius 3 is 2.41 bits per heavy atom. The van der Waals surface area contributed by atoms with E-state index in [4.69, 9.17) is 0 Å². The molecule has 2 aromatic rings. The number of hydrogen-bond donors (Lipinski definition) is 2. The van der Waals surface area contributed by atoms with E-state index in [1.165, 1.54) is 9.75 Å². The van der Waals surface area contributed by atoms with Crippen molar-refractivity contribution in [1.29, 1.82) is 0 Å². The Kier molecular flexibility index (Phi) is 5.37. The summed E-state index contributed by atoms with van der Waals surface area (Å²) < 4.78 is 0. The number of carboxylic acid groups (broad SMARTS) is 1. The van der Waals surface area contributed by atoms with Crippen LogP contribution in [0.4, 0.5) is 0 Å². The molecule has 1 aromatic heterocycles. The van der Waals surface area contributed by atoms with Crippen LogP contribution < -0.4 is 5.32 Å². The number of hydrogen-bond acceptors (Lipinski definition) is 3. The molecule has 2 N–H and O–H groups in total. The molecule has 2 rings (SSSR count). The van der Waals surface area contributed by atoms with E-state index in [0.717, 1.165) is 5.56 Å². The van der Waals surface area contributed by atoms with Crippen LogP contribution in [0.3, 0.4) is 0 Å². The maximum atomic E-state index is 11.4. The first-order valence-corrected chi connectivity index (χ1v) is 8.27. The number of benzene rings is 1. The van der Waals surface area contributed by atoms with E-state index in [9.17, 15) is 9.90 Å². The van der Waals surface area contributed by atoms with Gasteiger partial charge >= 0.3 is 5.97 Å². The number of carboxylic acids is 1. The molecule has 0 saturated heterocycles. The van der Waals surface area contributed by atoms with Gasteiger partial charge in [0.2, 0.25) is 0 Å². The minimum atomic E-state index is -0.809. The monoisotopic (exact) mass is 317 g/mol. The number of aliphatic carboxylic acids is 1. The molecule has 0 spiro atoms. The van der Waals surface area contributed by atoms with Crippen molar-refractivity contribution in [3.63, 3.8) is 0 Å². The first-order chi connectivity index (χ1) is 10.4. The Balaban J connectivity index is 1.97. The van der Waals surface area contributed by atoms with Gasteiger partial charge in [-0.2, -0.15) is 0 Å². The van der Waals surface area contributed by atoms with Crippen LogP contribution in [0, 0.1) is 0 Å².